The summed E-state index contributed by atoms with van der Waals surface area (Å²) >= 11 is 0. The van der Waals surface area contributed by atoms with E-state index in [0.29, 0.717) is 19.3 Å². The second-order valence-electron chi connectivity index (χ2n) is 16.0. The van der Waals surface area contributed by atoms with Crippen molar-refractivity contribution < 1.29 is 28.6 Å². The van der Waals surface area contributed by atoms with Gasteiger partial charge < -0.3 is 14.2 Å². The number of ether oxygens (including phenoxy) is 3. The van der Waals surface area contributed by atoms with Crippen molar-refractivity contribution in [3.63, 3.8) is 0 Å². The lowest BCUT2D eigenvalue weighted by atomic mass is 10.0. The molecule has 6 heteroatoms. The molecular formula is C49H90O6. The monoisotopic (exact) mass is 775 g/mol. The Morgan fingerprint density at radius 2 is 0.709 bits per heavy atom. The maximum atomic E-state index is 12.7. The van der Waals surface area contributed by atoms with Crippen LogP contribution in [0.5, 0.6) is 0 Å². The van der Waals surface area contributed by atoms with Gasteiger partial charge in [-0.1, -0.05) is 212 Å². The van der Waals surface area contributed by atoms with E-state index in [1.165, 1.54) is 135 Å². The van der Waals surface area contributed by atoms with Crippen LogP contribution in [0.1, 0.15) is 252 Å². The molecule has 0 aromatic heterocycles. The first-order chi connectivity index (χ1) is 27.0. The molecule has 322 valence electrons. The first kappa shape index (κ1) is 52.9. The third-order valence-corrected chi connectivity index (χ3v) is 10.5. The Morgan fingerprint density at radius 1 is 0.382 bits per heavy atom. The molecule has 55 heavy (non-hydrogen) atoms. The molecule has 0 aromatic carbocycles. The van der Waals surface area contributed by atoms with Gasteiger partial charge in [0.15, 0.2) is 6.10 Å². The van der Waals surface area contributed by atoms with Gasteiger partial charge in [0, 0.05) is 19.3 Å². The van der Waals surface area contributed by atoms with Crippen molar-refractivity contribution in [2.45, 2.75) is 258 Å². The van der Waals surface area contributed by atoms with E-state index < -0.39 is 6.10 Å². The summed E-state index contributed by atoms with van der Waals surface area (Å²) in [5, 5.41) is 0. The topological polar surface area (TPSA) is 78.9 Å². The van der Waals surface area contributed by atoms with Gasteiger partial charge in [-0.2, -0.15) is 0 Å². The van der Waals surface area contributed by atoms with E-state index in [0.717, 1.165) is 77.0 Å². The summed E-state index contributed by atoms with van der Waals surface area (Å²) in [6.07, 6.45) is 48.7. The number of rotatable bonds is 43. The molecule has 0 bridgehead atoms. The normalized spacial score (nSPS) is 12.1. The minimum absolute atomic E-state index is 0.0694. The molecule has 0 spiro atoms. The second kappa shape index (κ2) is 44.6. The van der Waals surface area contributed by atoms with E-state index in [1.807, 2.05) is 0 Å². The fourth-order valence-corrected chi connectivity index (χ4v) is 6.89. The summed E-state index contributed by atoms with van der Waals surface area (Å²) in [5.41, 5.74) is 0. The molecule has 1 unspecified atom stereocenters. The van der Waals surface area contributed by atoms with Crippen LogP contribution in [0.3, 0.4) is 0 Å². The second-order valence-corrected chi connectivity index (χ2v) is 16.0. The molecule has 0 aliphatic heterocycles. The van der Waals surface area contributed by atoms with E-state index >= 15 is 0 Å². The minimum atomic E-state index is -0.766. The highest BCUT2D eigenvalue weighted by Gasteiger charge is 2.19. The number of carbonyl (C=O) groups is 3. The Hall–Kier alpha value is -2.11. The number of allylic oxidation sites excluding steroid dienone is 4. The average Bonchev–Trinajstić information content (AvgIpc) is 3.18. The maximum Gasteiger partial charge on any atom is 0.306 e. The highest BCUT2D eigenvalue weighted by molar-refractivity contribution is 5.71. The molecule has 0 saturated carbocycles. The molecule has 0 radical (unpaired) electrons. The van der Waals surface area contributed by atoms with Gasteiger partial charge in [0.05, 0.1) is 0 Å². The summed E-state index contributed by atoms with van der Waals surface area (Å²) in [6, 6.07) is 0. The molecule has 6 nitrogen and oxygen atoms in total. The predicted molar refractivity (Wildman–Crippen MR) is 233 cm³/mol. The van der Waals surface area contributed by atoms with Gasteiger partial charge in [0.25, 0.3) is 0 Å². The average molecular weight is 775 g/mol. The lowest BCUT2D eigenvalue weighted by Crippen LogP contribution is -2.30. The molecule has 0 saturated heterocycles. The quantitative estimate of drug-likeness (QED) is 0.0266. The van der Waals surface area contributed by atoms with Crippen LogP contribution in [0.2, 0.25) is 0 Å². The fraction of sp³-hybridized carbons (Fsp3) is 0.857. The van der Waals surface area contributed by atoms with Crippen LogP contribution in [-0.2, 0) is 28.6 Å². The standard InChI is InChI=1S/C49H90O6/c1-4-7-10-13-16-19-22-24-25-28-30-33-36-39-42-48(51)54-45-46(44-53-47(50)41-38-35-32-29-26-21-18-15-12-9-6-3)55-49(52)43-40-37-34-31-27-23-20-17-14-11-8-5-2/h7,10,16,19,46H,4-6,8-9,11-15,17-18,20-45H2,1-3H3/b10-7-,19-16-. The van der Waals surface area contributed by atoms with Gasteiger partial charge >= 0.3 is 17.9 Å². The van der Waals surface area contributed by atoms with Crippen LogP contribution < -0.4 is 0 Å². The highest BCUT2D eigenvalue weighted by atomic mass is 16.6. The summed E-state index contributed by atoms with van der Waals surface area (Å²) in [7, 11) is 0. The molecule has 0 aliphatic carbocycles. The van der Waals surface area contributed by atoms with Crippen molar-refractivity contribution in [3.05, 3.63) is 24.3 Å². The Bertz CT molecular complexity index is 896. The van der Waals surface area contributed by atoms with Crippen LogP contribution >= 0.6 is 0 Å². The Kier molecular flexibility index (Phi) is 42.9. The lowest BCUT2D eigenvalue weighted by Gasteiger charge is -2.18. The first-order valence-electron chi connectivity index (χ1n) is 23.8. The van der Waals surface area contributed by atoms with Crippen LogP contribution in [-0.4, -0.2) is 37.2 Å². The fourth-order valence-electron chi connectivity index (χ4n) is 6.89. The van der Waals surface area contributed by atoms with Crippen molar-refractivity contribution in [2.24, 2.45) is 0 Å². The van der Waals surface area contributed by atoms with Crippen LogP contribution in [0.15, 0.2) is 24.3 Å². The van der Waals surface area contributed by atoms with Gasteiger partial charge in [-0.3, -0.25) is 14.4 Å². The molecule has 0 amide bonds. The van der Waals surface area contributed by atoms with Crippen molar-refractivity contribution in [1.82, 2.24) is 0 Å². The van der Waals surface area contributed by atoms with Gasteiger partial charge in [-0.15, -0.1) is 0 Å². The molecule has 0 aromatic rings. The zero-order valence-corrected chi connectivity index (χ0v) is 36.7. The molecular weight excluding hydrogens is 685 g/mol. The largest absolute Gasteiger partial charge is 0.462 e. The molecule has 1 atom stereocenters. The van der Waals surface area contributed by atoms with Gasteiger partial charge in [0.2, 0.25) is 0 Å². The van der Waals surface area contributed by atoms with Gasteiger partial charge in [0.1, 0.15) is 13.2 Å². The molecule has 0 aliphatic rings. The van der Waals surface area contributed by atoms with Crippen molar-refractivity contribution in [2.75, 3.05) is 13.2 Å². The third-order valence-electron chi connectivity index (χ3n) is 10.5. The van der Waals surface area contributed by atoms with Crippen molar-refractivity contribution in [3.8, 4) is 0 Å². The lowest BCUT2D eigenvalue weighted by molar-refractivity contribution is -0.167. The number of esters is 3. The van der Waals surface area contributed by atoms with Crippen LogP contribution in [0.4, 0.5) is 0 Å². The van der Waals surface area contributed by atoms with E-state index in [2.05, 4.69) is 45.1 Å². The van der Waals surface area contributed by atoms with E-state index in [4.69, 9.17) is 14.2 Å². The SMILES string of the molecule is CC/C=C\C/C=C\CCCCCCCCCC(=O)OCC(COC(=O)CCCCCCCCCCCCC)OC(=O)CCCCCCCCCCCCCC. The van der Waals surface area contributed by atoms with Gasteiger partial charge in [-0.25, -0.2) is 0 Å². The zero-order chi connectivity index (χ0) is 40.1. The Balaban J connectivity index is 4.34. The van der Waals surface area contributed by atoms with Gasteiger partial charge in [-0.05, 0) is 44.9 Å². The summed E-state index contributed by atoms with van der Waals surface area (Å²) in [5.74, 6) is -0.870. The summed E-state index contributed by atoms with van der Waals surface area (Å²) < 4.78 is 16.7. The Labute approximate surface area is 341 Å². The zero-order valence-electron chi connectivity index (χ0n) is 36.7. The molecule has 0 fully saturated rings. The molecule has 0 heterocycles. The molecule has 0 N–H and O–H groups in total. The number of hydrogen-bond donors (Lipinski definition) is 0. The highest BCUT2D eigenvalue weighted by Crippen LogP contribution is 2.15. The summed E-state index contributed by atoms with van der Waals surface area (Å²) in [4.78, 5) is 37.8. The predicted octanol–water partition coefficient (Wildman–Crippen LogP) is 15.2. The number of hydrogen-bond acceptors (Lipinski definition) is 6. The van der Waals surface area contributed by atoms with Crippen molar-refractivity contribution in [1.29, 1.82) is 0 Å². The minimum Gasteiger partial charge on any atom is -0.462 e. The smallest absolute Gasteiger partial charge is 0.306 e. The first-order valence-corrected chi connectivity index (χ1v) is 23.8. The maximum absolute atomic E-state index is 12.7. The van der Waals surface area contributed by atoms with Crippen molar-refractivity contribution >= 4 is 17.9 Å². The van der Waals surface area contributed by atoms with E-state index in [9.17, 15) is 14.4 Å². The van der Waals surface area contributed by atoms with E-state index in [1.54, 1.807) is 0 Å². The third kappa shape index (κ3) is 42.9. The van der Waals surface area contributed by atoms with Crippen LogP contribution in [0, 0.1) is 0 Å². The Morgan fingerprint density at radius 3 is 1.09 bits per heavy atom. The van der Waals surface area contributed by atoms with E-state index in [-0.39, 0.29) is 31.1 Å². The number of carbonyl (C=O) groups excluding carboxylic acids is 3. The summed E-state index contributed by atoms with van der Waals surface area (Å²) in [6.45, 7) is 6.53. The van der Waals surface area contributed by atoms with Crippen LogP contribution in [0.25, 0.3) is 0 Å². The number of unbranched alkanes of at least 4 members (excludes halogenated alkanes) is 28. The molecule has 0 rings (SSSR count).